The molecule has 0 unspecified atom stereocenters. The molecule has 2 saturated carbocycles. The van der Waals surface area contributed by atoms with E-state index in [0.717, 1.165) is 30.6 Å². The van der Waals surface area contributed by atoms with Gasteiger partial charge < -0.3 is 30.6 Å². The summed E-state index contributed by atoms with van der Waals surface area (Å²) in [5.41, 5.74) is 2.98. The van der Waals surface area contributed by atoms with E-state index in [4.69, 9.17) is 32.9 Å². The van der Waals surface area contributed by atoms with Gasteiger partial charge in [0.2, 0.25) is 5.95 Å². The van der Waals surface area contributed by atoms with E-state index in [-0.39, 0.29) is 49.6 Å². The Balaban J connectivity index is 1.27. The SMILES string of the molecule is Cn1c(Nc2c(Cl)ccc(CNC(=O)OC(C)(C)C)c2Cl)nc2cc(C(=O)NC3CCC(C(F)(F)F)CC3)c([C@@]34CNC[C@H]3C4)cc21. The molecule has 3 aromatic rings. The van der Waals surface area contributed by atoms with Gasteiger partial charge in [-0.2, -0.15) is 13.2 Å². The average molecular weight is 696 g/mol. The summed E-state index contributed by atoms with van der Waals surface area (Å²) >= 11 is 13.3. The Bertz CT molecular complexity index is 1710. The lowest BCUT2D eigenvalue weighted by Gasteiger charge is -2.30. The zero-order valence-corrected chi connectivity index (χ0v) is 28.2. The van der Waals surface area contributed by atoms with E-state index in [1.165, 1.54) is 0 Å². The fourth-order valence-corrected chi connectivity index (χ4v) is 7.51. The number of hydrogen-bond donors (Lipinski definition) is 4. The lowest BCUT2D eigenvalue weighted by Crippen LogP contribution is -2.40. The Labute approximate surface area is 281 Å². The minimum Gasteiger partial charge on any atom is -0.444 e. The molecule has 2 atom stereocenters. The van der Waals surface area contributed by atoms with Crippen molar-refractivity contribution >= 4 is 57.9 Å². The number of piperidine rings is 1. The van der Waals surface area contributed by atoms with Crippen LogP contribution in [-0.2, 0) is 23.7 Å². The van der Waals surface area contributed by atoms with Crippen molar-refractivity contribution < 1.29 is 27.5 Å². The zero-order valence-electron chi connectivity index (χ0n) is 26.7. The highest BCUT2D eigenvalue weighted by molar-refractivity contribution is 6.39. The van der Waals surface area contributed by atoms with Crippen LogP contribution in [0.15, 0.2) is 24.3 Å². The number of alkyl carbamates (subject to hydrolysis) is 1. The second-order valence-electron chi connectivity index (χ2n) is 14.0. The molecule has 14 heteroatoms. The number of nitrogens with zero attached hydrogens (tertiary/aromatic N) is 2. The van der Waals surface area contributed by atoms with Gasteiger partial charge in [-0.15, -0.1) is 0 Å². The molecule has 4 N–H and O–H groups in total. The molecule has 1 saturated heterocycles. The topological polar surface area (TPSA) is 109 Å². The minimum atomic E-state index is -4.21. The average Bonchev–Trinajstić information content (AvgIpc) is 3.40. The van der Waals surface area contributed by atoms with E-state index < -0.39 is 23.8 Å². The number of aromatic nitrogens is 2. The van der Waals surface area contributed by atoms with E-state index in [1.807, 2.05) is 17.7 Å². The Kier molecular flexibility index (Phi) is 8.84. The number of fused-ring (bicyclic) bond motifs is 2. The smallest absolute Gasteiger partial charge is 0.407 e. The number of benzene rings is 2. The first-order chi connectivity index (χ1) is 22.1. The summed E-state index contributed by atoms with van der Waals surface area (Å²) in [7, 11) is 1.85. The highest BCUT2D eigenvalue weighted by Crippen LogP contribution is 2.57. The standard InChI is InChI=1S/C33H39Cl2F3N6O3/c1-31(2,3)47-30(46)40-14-17-5-10-23(34)27(26(17)35)43-29-42-24-11-21(28(45)41-20-8-6-18(7-9-20)33(36,37)38)22(12-25(24)44(29)4)32-13-19(32)15-39-16-32/h5,10-12,18-20,39H,6-9,13-16H2,1-4H3,(H,40,46)(H,41,45)(H,42,43)/t18?,19-,20?,32+/m1/s1. The lowest BCUT2D eigenvalue weighted by molar-refractivity contribution is -0.182. The van der Waals surface area contributed by atoms with Crippen LogP contribution >= 0.6 is 23.2 Å². The largest absolute Gasteiger partial charge is 0.444 e. The molecule has 0 radical (unpaired) electrons. The predicted molar refractivity (Wildman–Crippen MR) is 175 cm³/mol. The van der Waals surface area contributed by atoms with Crippen LogP contribution in [-0.4, -0.2) is 52.5 Å². The van der Waals surface area contributed by atoms with Gasteiger partial charge in [-0.05, 0) is 94.7 Å². The predicted octanol–water partition coefficient (Wildman–Crippen LogP) is 7.36. The number of amides is 2. The number of alkyl halides is 3. The fraction of sp³-hybridized carbons (Fsp3) is 0.545. The molecule has 2 aliphatic carbocycles. The fourth-order valence-electron chi connectivity index (χ4n) is 6.98. The third-order valence-corrected chi connectivity index (χ3v) is 10.4. The summed E-state index contributed by atoms with van der Waals surface area (Å²) in [5, 5.41) is 13.1. The molecular weight excluding hydrogens is 656 g/mol. The first-order valence-electron chi connectivity index (χ1n) is 15.9. The number of hydrogen-bond acceptors (Lipinski definition) is 6. The first kappa shape index (κ1) is 33.7. The van der Waals surface area contributed by atoms with Crippen LogP contribution in [0.5, 0.6) is 0 Å². The van der Waals surface area contributed by atoms with Gasteiger partial charge in [0.1, 0.15) is 5.60 Å². The summed E-state index contributed by atoms with van der Waals surface area (Å²) in [6, 6.07) is 6.86. The molecular formula is C33H39Cl2F3N6O3. The number of nitrogens with one attached hydrogen (secondary N) is 4. The van der Waals surface area contributed by atoms with Gasteiger partial charge in [0.05, 0.1) is 32.7 Å². The normalized spacial score (nSPS) is 24.1. The van der Waals surface area contributed by atoms with Crippen molar-refractivity contribution in [3.8, 4) is 0 Å². The van der Waals surface area contributed by atoms with E-state index in [0.29, 0.717) is 44.2 Å². The molecule has 6 rings (SSSR count). The van der Waals surface area contributed by atoms with E-state index in [2.05, 4.69) is 21.3 Å². The number of imidazole rings is 1. The van der Waals surface area contributed by atoms with Gasteiger partial charge in [-0.3, -0.25) is 4.79 Å². The van der Waals surface area contributed by atoms with Crippen LogP contribution < -0.4 is 21.3 Å². The summed E-state index contributed by atoms with van der Waals surface area (Å²) in [4.78, 5) is 30.8. The summed E-state index contributed by atoms with van der Waals surface area (Å²) in [6.45, 7) is 7.06. The molecule has 0 bridgehead atoms. The highest BCUT2D eigenvalue weighted by Gasteiger charge is 2.59. The van der Waals surface area contributed by atoms with Gasteiger partial charge in [-0.1, -0.05) is 29.3 Å². The maximum Gasteiger partial charge on any atom is 0.407 e. The van der Waals surface area contributed by atoms with Gasteiger partial charge in [-0.25, -0.2) is 9.78 Å². The van der Waals surface area contributed by atoms with Crippen LogP contribution in [0.3, 0.4) is 0 Å². The van der Waals surface area contributed by atoms with Crippen molar-refractivity contribution in [2.45, 2.75) is 82.7 Å². The molecule has 3 aliphatic rings. The monoisotopic (exact) mass is 694 g/mol. The highest BCUT2D eigenvalue weighted by atomic mass is 35.5. The quantitative estimate of drug-likeness (QED) is 0.206. The molecule has 1 aliphatic heterocycles. The number of carbonyl (C=O) groups is 2. The number of rotatable bonds is 7. The van der Waals surface area contributed by atoms with E-state index in [1.54, 1.807) is 39.0 Å². The van der Waals surface area contributed by atoms with Crippen LogP contribution in [0.1, 0.15) is 74.4 Å². The molecule has 1 aromatic heterocycles. The first-order valence-corrected chi connectivity index (χ1v) is 16.6. The van der Waals surface area contributed by atoms with Gasteiger partial charge >= 0.3 is 12.3 Å². The summed E-state index contributed by atoms with van der Waals surface area (Å²) in [6.07, 6.45) is -3.24. The third kappa shape index (κ3) is 6.87. The van der Waals surface area contributed by atoms with Crippen molar-refractivity contribution in [3.05, 3.63) is 51.0 Å². The summed E-state index contributed by atoms with van der Waals surface area (Å²) in [5.74, 6) is -0.763. The Morgan fingerprint density at radius 3 is 2.47 bits per heavy atom. The third-order valence-electron chi connectivity index (χ3n) is 9.62. The van der Waals surface area contributed by atoms with Crippen LogP contribution in [0.25, 0.3) is 11.0 Å². The van der Waals surface area contributed by atoms with Gasteiger partial charge in [0.15, 0.2) is 0 Å². The number of anilines is 2. The number of carbonyl (C=O) groups excluding carboxylic acids is 2. The van der Waals surface area contributed by atoms with E-state index >= 15 is 0 Å². The van der Waals surface area contributed by atoms with Gasteiger partial charge in [0.25, 0.3) is 5.91 Å². The van der Waals surface area contributed by atoms with Crippen molar-refractivity contribution in [3.63, 3.8) is 0 Å². The van der Waals surface area contributed by atoms with Crippen molar-refractivity contribution in [1.82, 2.24) is 25.5 Å². The molecule has 3 fully saturated rings. The zero-order chi connectivity index (χ0) is 33.9. The maximum absolute atomic E-state index is 13.8. The molecule has 2 aromatic carbocycles. The van der Waals surface area contributed by atoms with Crippen molar-refractivity contribution in [1.29, 1.82) is 0 Å². The van der Waals surface area contributed by atoms with Crippen LogP contribution in [0.2, 0.25) is 10.0 Å². The molecule has 254 valence electrons. The Hall–Kier alpha value is -3.22. The number of aryl methyl sites for hydroxylation is 1. The number of ether oxygens (including phenoxy) is 1. The minimum absolute atomic E-state index is 0.00886. The molecule has 47 heavy (non-hydrogen) atoms. The second kappa shape index (κ2) is 12.3. The molecule has 9 nitrogen and oxygen atoms in total. The van der Waals surface area contributed by atoms with E-state index in [9.17, 15) is 22.8 Å². The maximum atomic E-state index is 13.8. The van der Waals surface area contributed by atoms with Crippen LogP contribution in [0.4, 0.5) is 29.6 Å². The molecule has 2 heterocycles. The second-order valence-corrected chi connectivity index (χ2v) is 14.8. The number of halogens is 5. The molecule has 0 spiro atoms. The lowest BCUT2D eigenvalue weighted by atomic mass is 9.85. The van der Waals surface area contributed by atoms with Crippen LogP contribution in [0, 0.1) is 11.8 Å². The summed E-state index contributed by atoms with van der Waals surface area (Å²) < 4.78 is 46.9. The molecule has 2 amide bonds. The van der Waals surface area contributed by atoms with Crippen molar-refractivity contribution in [2.24, 2.45) is 18.9 Å². The Morgan fingerprint density at radius 1 is 1.13 bits per heavy atom. The Morgan fingerprint density at radius 2 is 1.85 bits per heavy atom. The van der Waals surface area contributed by atoms with Crippen molar-refractivity contribution in [2.75, 3.05) is 18.4 Å². The van der Waals surface area contributed by atoms with Gasteiger partial charge in [0, 0.05) is 37.2 Å².